The number of cyclic esters (lactones) is 1. The predicted molar refractivity (Wildman–Crippen MR) is 82.3 cm³/mol. The van der Waals surface area contributed by atoms with Crippen LogP contribution in [-0.4, -0.2) is 11.9 Å². The number of carbonyl (C=O) groups is 1. The van der Waals surface area contributed by atoms with Crippen molar-refractivity contribution in [1.82, 2.24) is 0 Å². The number of carbonyl (C=O) groups excluding carboxylic acids is 1. The summed E-state index contributed by atoms with van der Waals surface area (Å²) in [7, 11) is 0. The second-order valence-electron chi connectivity index (χ2n) is 4.48. The Morgan fingerprint density at radius 1 is 1.09 bits per heavy atom. The summed E-state index contributed by atoms with van der Waals surface area (Å²) in [6, 6.07) is 16.0. The van der Waals surface area contributed by atoms with Gasteiger partial charge in [0.25, 0.3) is 0 Å². The maximum absolute atomic E-state index is 11.9. The van der Waals surface area contributed by atoms with Crippen molar-refractivity contribution in [3.8, 4) is 0 Å². The monoisotopic (exact) mass is 290 g/mol. The van der Waals surface area contributed by atoms with Crippen LogP contribution in [0, 0.1) is 0 Å². The third-order valence-corrected chi connectivity index (χ3v) is 3.00. The molecule has 0 unspecified atom stereocenters. The van der Waals surface area contributed by atoms with Crippen molar-refractivity contribution in [3.63, 3.8) is 0 Å². The van der Waals surface area contributed by atoms with Gasteiger partial charge in [-0.15, -0.1) is 0 Å². The van der Waals surface area contributed by atoms with E-state index in [4.69, 9.17) is 10.3 Å². The summed E-state index contributed by atoms with van der Waals surface area (Å²) in [5, 5.41) is 3.49. The minimum absolute atomic E-state index is 0.232. The van der Waals surface area contributed by atoms with Crippen molar-refractivity contribution in [2.75, 3.05) is 0 Å². The average Bonchev–Trinajstić information content (AvgIpc) is 2.91. The molecular formula is C16H10N4O2. The molecule has 1 heterocycles. The Hall–Kier alpha value is -3.37. The van der Waals surface area contributed by atoms with Crippen LogP contribution in [0.4, 0.5) is 5.69 Å². The molecule has 1 aliphatic rings. The molecule has 0 saturated carbocycles. The zero-order valence-electron chi connectivity index (χ0n) is 11.4. The molecule has 0 bridgehead atoms. The second-order valence-corrected chi connectivity index (χ2v) is 4.48. The molecule has 0 aliphatic carbocycles. The minimum atomic E-state index is -0.488. The maximum Gasteiger partial charge on any atom is 0.363 e. The summed E-state index contributed by atoms with van der Waals surface area (Å²) in [5.41, 5.74) is 10.6. The Bertz CT molecular complexity index is 817. The van der Waals surface area contributed by atoms with E-state index in [9.17, 15) is 4.79 Å². The number of azide groups is 1. The molecule has 22 heavy (non-hydrogen) atoms. The molecule has 0 amide bonds. The van der Waals surface area contributed by atoms with Gasteiger partial charge in [0, 0.05) is 16.2 Å². The van der Waals surface area contributed by atoms with Crippen LogP contribution in [0.1, 0.15) is 11.1 Å². The van der Waals surface area contributed by atoms with Gasteiger partial charge in [-0.3, -0.25) is 0 Å². The zero-order chi connectivity index (χ0) is 15.4. The maximum atomic E-state index is 11.9. The molecule has 0 aromatic heterocycles. The molecule has 0 atom stereocenters. The predicted octanol–water partition coefficient (Wildman–Crippen LogP) is 3.97. The molecular weight excluding hydrogens is 280 g/mol. The lowest BCUT2D eigenvalue weighted by molar-refractivity contribution is -0.129. The minimum Gasteiger partial charge on any atom is -0.402 e. The van der Waals surface area contributed by atoms with Crippen LogP contribution in [0.2, 0.25) is 0 Å². The van der Waals surface area contributed by atoms with Crippen molar-refractivity contribution in [1.29, 1.82) is 0 Å². The Morgan fingerprint density at radius 2 is 1.82 bits per heavy atom. The standard InChI is InChI=1S/C16H10N4O2/c17-20-19-13-8-6-11(7-9-13)10-14-16(21)22-15(18-14)12-4-2-1-3-5-12/h1-10H. The zero-order valence-corrected chi connectivity index (χ0v) is 11.4. The fraction of sp³-hybridized carbons (Fsp3) is 0. The summed E-state index contributed by atoms with van der Waals surface area (Å²) in [4.78, 5) is 18.8. The highest BCUT2D eigenvalue weighted by Gasteiger charge is 2.23. The van der Waals surface area contributed by atoms with Crippen LogP contribution in [0.25, 0.3) is 16.5 Å². The summed E-state index contributed by atoms with van der Waals surface area (Å²) >= 11 is 0. The first-order valence-electron chi connectivity index (χ1n) is 6.49. The lowest BCUT2D eigenvalue weighted by Gasteiger charge is -1.97. The molecule has 2 aromatic rings. The van der Waals surface area contributed by atoms with Crippen LogP contribution in [0.3, 0.4) is 0 Å². The van der Waals surface area contributed by atoms with Gasteiger partial charge >= 0.3 is 5.97 Å². The van der Waals surface area contributed by atoms with Crippen LogP contribution in [0.5, 0.6) is 0 Å². The van der Waals surface area contributed by atoms with Gasteiger partial charge in [-0.1, -0.05) is 47.6 Å². The second kappa shape index (κ2) is 5.95. The first kappa shape index (κ1) is 13.6. The topological polar surface area (TPSA) is 87.4 Å². The summed E-state index contributed by atoms with van der Waals surface area (Å²) in [6.07, 6.45) is 1.62. The first-order valence-corrected chi connectivity index (χ1v) is 6.49. The largest absolute Gasteiger partial charge is 0.402 e. The molecule has 0 saturated heterocycles. The Labute approximate surface area is 126 Å². The number of benzene rings is 2. The van der Waals surface area contributed by atoms with Crippen LogP contribution >= 0.6 is 0 Å². The summed E-state index contributed by atoms with van der Waals surface area (Å²) in [5.74, 6) is -0.194. The van der Waals surface area contributed by atoms with Crippen molar-refractivity contribution < 1.29 is 9.53 Å². The Kier molecular flexibility index (Phi) is 3.68. The molecule has 3 rings (SSSR count). The van der Waals surface area contributed by atoms with E-state index in [1.165, 1.54) is 0 Å². The number of aliphatic imine (C=N–C) groups is 1. The fourth-order valence-electron chi connectivity index (χ4n) is 1.96. The SMILES string of the molecule is [N-]=[N+]=Nc1ccc(C=C2N=C(c3ccccc3)OC2=O)cc1. The first-order chi connectivity index (χ1) is 10.8. The van der Waals surface area contributed by atoms with Gasteiger partial charge < -0.3 is 4.74 Å². The number of ether oxygens (including phenoxy) is 1. The number of rotatable bonds is 3. The lowest BCUT2D eigenvalue weighted by atomic mass is 10.2. The average molecular weight is 290 g/mol. The molecule has 2 aromatic carbocycles. The van der Waals surface area contributed by atoms with Crippen LogP contribution < -0.4 is 0 Å². The van der Waals surface area contributed by atoms with Crippen molar-refractivity contribution in [2.45, 2.75) is 0 Å². The van der Waals surface area contributed by atoms with Gasteiger partial charge in [0.1, 0.15) is 0 Å². The van der Waals surface area contributed by atoms with Gasteiger partial charge in [-0.25, -0.2) is 9.79 Å². The van der Waals surface area contributed by atoms with Gasteiger partial charge in [-0.2, -0.15) is 0 Å². The molecule has 1 aliphatic heterocycles. The number of hydrogen-bond acceptors (Lipinski definition) is 4. The van der Waals surface area contributed by atoms with Gasteiger partial charge in [0.2, 0.25) is 5.90 Å². The third-order valence-electron chi connectivity index (χ3n) is 3.00. The van der Waals surface area contributed by atoms with Gasteiger partial charge in [0.15, 0.2) is 5.70 Å². The van der Waals surface area contributed by atoms with Gasteiger partial charge in [0.05, 0.1) is 0 Å². The molecule has 0 radical (unpaired) electrons. The highest BCUT2D eigenvalue weighted by molar-refractivity contribution is 6.12. The van der Waals surface area contributed by atoms with E-state index in [-0.39, 0.29) is 5.70 Å². The van der Waals surface area contributed by atoms with E-state index in [1.54, 1.807) is 30.3 Å². The summed E-state index contributed by atoms with van der Waals surface area (Å²) in [6.45, 7) is 0. The Balaban J connectivity index is 1.89. The molecule has 0 fully saturated rings. The quantitative estimate of drug-likeness (QED) is 0.281. The molecule has 0 spiro atoms. The summed E-state index contributed by atoms with van der Waals surface area (Å²) < 4.78 is 5.17. The van der Waals surface area contributed by atoms with Crippen molar-refractivity contribution in [3.05, 3.63) is 81.9 Å². The molecule has 6 heteroatoms. The van der Waals surface area contributed by atoms with Crippen molar-refractivity contribution >= 4 is 23.6 Å². The van der Waals surface area contributed by atoms with E-state index < -0.39 is 5.97 Å². The Morgan fingerprint density at radius 3 is 2.50 bits per heavy atom. The molecule has 106 valence electrons. The van der Waals surface area contributed by atoms with E-state index in [0.717, 1.165) is 11.1 Å². The highest BCUT2D eigenvalue weighted by atomic mass is 16.6. The number of hydrogen-bond donors (Lipinski definition) is 0. The smallest absolute Gasteiger partial charge is 0.363 e. The van der Waals surface area contributed by atoms with Gasteiger partial charge in [-0.05, 0) is 29.3 Å². The third kappa shape index (κ3) is 2.87. The van der Waals surface area contributed by atoms with Crippen LogP contribution in [-0.2, 0) is 9.53 Å². The van der Waals surface area contributed by atoms with E-state index in [2.05, 4.69) is 15.0 Å². The van der Waals surface area contributed by atoms with E-state index >= 15 is 0 Å². The highest BCUT2D eigenvalue weighted by Crippen LogP contribution is 2.20. The number of esters is 1. The molecule has 6 nitrogen and oxygen atoms in total. The van der Waals surface area contributed by atoms with E-state index in [0.29, 0.717) is 11.6 Å². The fourth-order valence-corrected chi connectivity index (χ4v) is 1.96. The van der Waals surface area contributed by atoms with Crippen molar-refractivity contribution in [2.24, 2.45) is 10.1 Å². The van der Waals surface area contributed by atoms with E-state index in [1.807, 2.05) is 30.3 Å². The molecule has 0 N–H and O–H groups in total. The number of nitrogens with zero attached hydrogens (tertiary/aromatic N) is 4. The normalized spacial score (nSPS) is 15.2. The lowest BCUT2D eigenvalue weighted by Crippen LogP contribution is -2.04. The van der Waals surface area contributed by atoms with Crippen LogP contribution in [0.15, 0.2) is 70.4 Å².